The van der Waals surface area contributed by atoms with Gasteiger partial charge in [-0.2, -0.15) is 0 Å². The first-order chi connectivity index (χ1) is 15.9. The van der Waals surface area contributed by atoms with Crippen LogP contribution >= 0.6 is 11.6 Å². The van der Waals surface area contributed by atoms with Crippen LogP contribution in [0, 0.1) is 0 Å². The van der Waals surface area contributed by atoms with E-state index in [1.165, 1.54) is 7.11 Å². The molecule has 180 valence electrons. The van der Waals surface area contributed by atoms with Gasteiger partial charge in [-0.3, -0.25) is 9.69 Å². The fourth-order valence-corrected chi connectivity index (χ4v) is 3.66. The van der Waals surface area contributed by atoms with E-state index in [1.807, 2.05) is 37.3 Å². The number of esters is 1. The Morgan fingerprint density at radius 2 is 1.82 bits per heavy atom. The van der Waals surface area contributed by atoms with Crippen LogP contribution in [0.2, 0.25) is 5.02 Å². The second-order valence-corrected chi connectivity index (χ2v) is 8.09. The maximum absolute atomic E-state index is 12.7. The molecule has 0 unspecified atom stereocenters. The van der Waals surface area contributed by atoms with Crippen molar-refractivity contribution < 1.29 is 19.1 Å². The molecule has 0 fully saturated rings. The van der Waals surface area contributed by atoms with Gasteiger partial charge in [-0.25, -0.2) is 4.79 Å². The summed E-state index contributed by atoms with van der Waals surface area (Å²) in [6.45, 7) is 9.29. The van der Waals surface area contributed by atoms with E-state index in [-0.39, 0.29) is 24.5 Å². The lowest BCUT2D eigenvalue weighted by Crippen LogP contribution is -2.46. The highest BCUT2D eigenvalue weighted by atomic mass is 35.5. The average molecular weight is 476 g/mol. The van der Waals surface area contributed by atoms with E-state index in [9.17, 15) is 9.59 Å². The Morgan fingerprint density at radius 1 is 1.09 bits per heavy atom. The highest BCUT2D eigenvalue weighted by molar-refractivity contribution is 6.32. The van der Waals surface area contributed by atoms with Crippen LogP contribution < -0.4 is 10.1 Å². The van der Waals surface area contributed by atoms with Crippen molar-refractivity contribution in [2.24, 2.45) is 0 Å². The molecule has 7 nitrogen and oxygen atoms in total. The molecule has 2 aromatic rings. The molecule has 0 aliphatic rings. The van der Waals surface area contributed by atoms with Gasteiger partial charge in [0.25, 0.3) is 0 Å². The highest BCUT2D eigenvalue weighted by Crippen LogP contribution is 2.26. The van der Waals surface area contributed by atoms with Crippen molar-refractivity contribution in [3.8, 4) is 5.75 Å². The molecule has 0 aromatic heterocycles. The summed E-state index contributed by atoms with van der Waals surface area (Å²) < 4.78 is 10.6. The van der Waals surface area contributed by atoms with Crippen molar-refractivity contribution in [3.63, 3.8) is 0 Å². The number of ether oxygens (including phenoxy) is 2. The van der Waals surface area contributed by atoms with Gasteiger partial charge in [0.1, 0.15) is 12.4 Å². The summed E-state index contributed by atoms with van der Waals surface area (Å²) in [5.41, 5.74) is 1.56. The van der Waals surface area contributed by atoms with Gasteiger partial charge in [-0.15, -0.1) is 0 Å². The van der Waals surface area contributed by atoms with E-state index in [4.69, 9.17) is 21.1 Å². The molecule has 2 amide bonds. The molecule has 0 spiro atoms. The lowest BCUT2D eigenvalue weighted by Gasteiger charge is -2.32. The predicted molar refractivity (Wildman–Crippen MR) is 132 cm³/mol. The maximum atomic E-state index is 12.7. The van der Waals surface area contributed by atoms with E-state index in [2.05, 4.69) is 24.1 Å². The molecule has 0 radical (unpaired) electrons. The normalized spacial score (nSPS) is 11.7. The van der Waals surface area contributed by atoms with Gasteiger partial charge in [0, 0.05) is 31.4 Å². The number of urea groups is 1. The number of para-hydroxylation sites is 1. The zero-order chi connectivity index (χ0) is 24.2. The number of nitrogens with one attached hydrogen (secondary N) is 1. The van der Waals surface area contributed by atoms with Crippen molar-refractivity contribution in [2.45, 2.75) is 33.2 Å². The molecule has 0 saturated carbocycles. The van der Waals surface area contributed by atoms with Crippen molar-refractivity contribution in [3.05, 3.63) is 59.1 Å². The van der Waals surface area contributed by atoms with Crippen LogP contribution in [-0.4, -0.2) is 67.7 Å². The minimum atomic E-state index is -0.314. The number of rotatable bonds is 12. The first-order valence-electron chi connectivity index (χ1n) is 11.2. The Balaban J connectivity index is 1.89. The third kappa shape index (κ3) is 8.59. The summed E-state index contributed by atoms with van der Waals surface area (Å²) in [6.07, 6.45) is 0.167. The SMILES string of the molecule is CCN(C[C@@H](C)N(CC)CCOc1cc(CC(=O)OC)ccc1Cl)C(=O)Nc1ccccc1. The zero-order valence-electron chi connectivity index (χ0n) is 19.8. The number of likely N-dealkylation sites (N-methyl/N-ethyl adjacent to an activating group) is 2. The number of anilines is 1. The topological polar surface area (TPSA) is 71.1 Å². The lowest BCUT2D eigenvalue weighted by atomic mass is 10.1. The van der Waals surface area contributed by atoms with Crippen LogP contribution in [0.25, 0.3) is 0 Å². The van der Waals surface area contributed by atoms with Gasteiger partial charge in [0.15, 0.2) is 0 Å². The minimum absolute atomic E-state index is 0.114. The molecule has 0 heterocycles. The summed E-state index contributed by atoms with van der Waals surface area (Å²) in [6, 6.07) is 14.7. The standard InChI is InChI=1S/C25H34ClN3O4/c1-5-28(14-15-33-23-16-20(12-13-22(23)26)17-24(30)32-4)19(3)18-29(6-2)25(31)27-21-10-8-7-9-11-21/h7-13,16,19H,5-6,14-15,17-18H2,1-4H3,(H,27,31)/t19-/m1/s1. The van der Waals surface area contributed by atoms with E-state index in [0.717, 1.165) is 17.8 Å². The second-order valence-electron chi connectivity index (χ2n) is 7.68. The van der Waals surface area contributed by atoms with E-state index < -0.39 is 0 Å². The molecule has 1 N–H and O–H groups in total. The van der Waals surface area contributed by atoms with Crippen LogP contribution in [0.1, 0.15) is 26.3 Å². The fraction of sp³-hybridized carbons (Fsp3) is 0.440. The Kier molecular flexibility index (Phi) is 11.0. The molecular formula is C25H34ClN3O4. The smallest absolute Gasteiger partial charge is 0.321 e. The molecule has 0 aliphatic carbocycles. The first kappa shape index (κ1) is 26.5. The Labute approximate surface area is 201 Å². The molecule has 0 bridgehead atoms. The molecule has 33 heavy (non-hydrogen) atoms. The van der Waals surface area contributed by atoms with Crippen LogP contribution in [0.15, 0.2) is 48.5 Å². The third-order valence-corrected chi connectivity index (χ3v) is 5.73. The van der Waals surface area contributed by atoms with E-state index >= 15 is 0 Å². The van der Waals surface area contributed by atoms with E-state index in [1.54, 1.807) is 23.1 Å². The predicted octanol–water partition coefficient (Wildman–Crippen LogP) is 4.70. The number of nitrogens with zero attached hydrogens (tertiary/aromatic N) is 2. The van der Waals surface area contributed by atoms with Crippen molar-refractivity contribution in [1.29, 1.82) is 0 Å². The molecular weight excluding hydrogens is 442 g/mol. The third-order valence-electron chi connectivity index (χ3n) is 5.42. The monoisotopic (exact) mass is 475 g/mol. The summed E-state index contributed by atoms with van der Waals surface area (Å²) in [4.78, 5) is 28.3. The molecule has 2 rings (SSSR count). The molecule has 0 aliphatic heterocycles. The number of hydrogen-bond donors (Lipinski definition) is 1. The summed E-state index contributed by atoms with van der Waals surface area (Å²) in [5, 5.41) is 3.44. The van der Waals surface area contributed by atoms with Gasteiger partial charge < -0.3 is 19.7 Å². The van der Waals surface area contributed by atoms with Crippen molar-refractivity contribution in [2.75, 3.05) is 45.2 Å². The van der Waals surface area contributed by atoms with Gasteiger partial charge in [0.05, 0.1) is 18.6 Å². The van der Waals surface area contributed by atoms with Gasteiger partial charge in [-0.1, -0.05) is 42.8 Å². The van der Waals surface area contributed by atoms with Crippen molar-refractivity contribution >= 4 is 29.3 Å². The van der Waals surface area contributed by atoms with E-state index in [0.29, 0.717) is 37.0 Å². The summed E-state index contributed by atoms with van der Waals surface area (Å²) >= 11 is 6.26. The maximum Gasteiger partial charge on any atom is 0.321 e. The van der Waals surface area contributed by atoms with Crippen LogP contribution in [0.3, 0.4) is 0 Å². The second kappa shape index (κ2) is 13.7. The number of methoxy groups -OCH3 is 1. The minimum Gasteiger partial charge on any atom is -0.491 e. The van der Waals surface area contributed by atoms with Gasteiger partial charge >= 0.3 is 12.0 Å². The number of amides is 2. The summed E-state index contributed by atoms with van der Waals surface area (Å²) in [5.74, 6) is 0.227. The quantitative estimate of drug-likeness (QED) is 0.450. The number of halogens is 1. The van der Waals surface area contributed by atoms with Crippen molar-refractivity contribution in [1.82, 2.24) is 9.80 Å². The molecule has 2 aromatic carbocycles. The Morgan fingerprint density at radius 3 is 2.45 bits per heavy atom. The molecule has 1 atom stereocenters. The van der Waals surface area contributed by atoms with Crippen LogP contribution in [0.4, 0.5) is 10.5 Å². The molecule has 0 saturated heterocycles. The number of hydrogen-bond acceptors (Lipinski definition) is 5. The number of carbonyl (C=O) groups is 2. The van der Waals surface area contributed by atoms with Gasteiger partial charge in [-0.05, 0) is 50.2 Å². The lowest BCUT2D eigenvalue weighted by molar-refractivity contribution is -0.139. The first-order valence-corrected chi connectivity index (χ1v) is 11.6. The summed E-state index contributed by atoms with van der Waals surface area (Å²) in [7, 11) is 1.36. The fourth-order valence-electron chi connectivity index (χ4n) is 3.48. The Bertz CT molecular complexity index is 894. The van der Waals surface area contributed by atoms with Crippen LogP contribution in [0.5, 0.6) is 5.75 Å². The largest absolute Gasteiger partial charge is 0.491 e. The number of carbonyl (C=O) groups excluding carboxylic acids is 2. The van der Waals surface area contributed by atoms with Crippen LogP contribution in [-0.2, 0) is 16.0 Å². The Hall–Kier alpha value is -2.77. The molecule has 8 heteroatoms. The van der Waals surface area contributed by atoms with Gasteiger partial charge in [0.2, 0.25) is 0 Å². The number of benzene rings is 2. The highest BCUT2D eigenvalue weighted by Gasteiger charge is 2.19. The average Bonchev–Trinajstić information content (AvgIpc) is 2.82. The zero-order valence-corrected chi connectivity index (χ0v) is 20.6.